The van der Waals surface area contributed by atoms with Crippen molar-refractivity contribution in [1.29, 1.82) is 0 Å². The first-order valence-electron chi connectivity index (χ1n) is 4.55. The first kappa shape index (κ1) is 29.9. The van der Waals surface area contributed by atoms with E-state index in [4.69, 9.17) is 0 Å². The molecule has 1 heteroatoms. The summed E-state index contributed by atoms with van der Waals surface area (Å²) in [6.07, 6.45) is 0. The quantitative estimate of drug-likeness (QED) is 0.474. The molecule has 0 saturated heterocycles. The maximum absolute atomic E-state index is 2.40. The molecule has 0 atom stereocenters. The molecule has 0 aromatic heterocycles. The molecule has 1 fully saturated rings. The molecule has 1 saturated carbocycles. The summed E-state index contributed by atoms with van der Waals surface area (Å²) in [5.41, 5.74) is 0. The fraction of sp³-hybridized carbons (Fsp3) is 0.714. The van der Waals surface area contributed by atoms with Gasteiger partial charge in [-0.1, -0.05) is 34.6 Å². The van der Waals surface area contributed by atoms with Crippen molar-refractivity contribution in [1.82, 2.24) is 0 Å². The third-order valence-electron chi connectivity index (χ3n) is 4.15. The van der Waals surface area contributed by atoms with E-state index in [9.17, 15) is 0 Å². The summed E-state index contributed by atoms with van der Waals surface area (Å²) in [5, 5.41) is 0. The molecule has 0 amide bonds. The topological polar surface area (TPSA) is 0 Å². The smallest absolute Gasteiger partial charge is 0.358 e. The third kappa shape index (κ3) is 5.98. The summed E-state index contributed by atoms with van der Waals surface area (Å²) >= 11 is 0. The van der Waals surface area contributed by atoms with E-state index in [2.05, 4.69) is 34.6 Å². The second-order valence-corrected chi connectivity index (χ2v) is 4.30. The summed E-state index contributed by atoms with van der Waals surface area (Å²) in [6, 6.07) is 0. The normalized spacial score (nSPS) is 37.0. The van der Waals surface area contributed by atoms with Crippen molar-refractivity contribution in [2.45, 2.75) is 34.6 Å². The van der Waals surface area contributed by atoms with Crippen molar-refractivity contribution in [2.24, 2.45) is 29.6 Å². The zero-order chi connectivity index (χ0) is 7.89. The van der Waals surface area contributed by atoms with Gasteiger partial charge in [0.1, 0.15) is 0 Å². The Morgan fingerprint density at radius 1 is 0.400 bits per heavy atom. The van der Waals surface area contributed by atoms with Gasteiger partial charge in [0.25, 0.3) is 0 Å². The Kier molecular flexibility index (Phi) is 23.5. The van der Waals surface area contributed by atoms with E-state index < -0.39 is 0 Å². The van der Waals surface area contributed by atoms with E-state index in [1.54, 1.807) is 0 Å². The molecule has 0 spiro atoms. The predicted octanol–water partition coefficient (Wildman–Crippen LogP) is 4.98. The molecule has 1 rings (SSSR count). The molecule has 0 N–H and O–H groups in total. The molecule has 0 heterocycles. The third-order valence-corrected chi connectivity index (χ3v) is 4.15. The van der Waals surface area contributed by atoms with Gasteiger partial charge in [-0.2, -0.15) is 0 Å². The van der Waals surface area contributed by atoms with Crippen LogP contribution in [-0.4, -0.2) is 0 Å². The molecular formula is C14H32Th. The van der Waals surface area contributed by atoms with E-state index in [0.717, 1.165) is 29.6 Å². The van der Waals surface area contributed by atoms with E-state index in [1.807, 2.05) is 0 Å². The Labute approximate surface area is 133 Å². The van der Waals surface area contributed by atoms with Gasteiger partial charge in [0, 0.05) is 0 Å². The Hall–Kier alpha value is 1.32. The van der Waals surface area contributed by atoms with Crippen LogP contribution >= 0.6 is 0 Å². The van der Waals surface area contributed by atoms with Crippen molar-refractivity contribution in [2.75, 3.05) is 0 Å². The van der Waals surface area contributed by atoms with Crippen LogP contribution in [-0.2, 0) is 0 Å². The summed E-state index contributed by atoms with van der Waals surface area (Å²) in [5.74, 6) is 4.68. The Balaban J connectivity index is -0.0000000667. The Morgan fingerprint density at radius 3 is 0.533 bits per heavy atom. The van der Waals surface area contributed by atoms with Crippen LogP contribution < -0.4 is 0 Å². The van der Waals surface area contributed by atoms with Crippen LogP contribution in [0, 0.1) is 99.2 Å². The molecular weight excluding hydrogens is 400 g/mol. The molecule has 0 aromatic rings. The largest absolute Gasteiger partial charge is 4.00 e. The summed E-state index contributed by atoms with van der Waals surface area (Å²) in [6.45, 7) is 12.0. The molecule has 0 nitrogen and oxygen atoms in total. The summed E-state index contributed by atoms with van der Waals surface area (Å²) in [4.78, 5) is 0. The molecule has 92 valence electrons. The van der Waals surface area contributed by atoms with Gasteiger partial charge in [0.2, 0.25) is 0 Å². The van der Waals surface area contributed by atoms with Crippen molar-refractivity contribution in [3.8, 4) is 0 Å². The second-order valence-electron chi connectivity index (χ2n) is 4.30. The monoisotopic (exact) mass is 432 g/mol. The maximum atomic E-state index is 2.40. The van der Waals surface area contributed by atoms with Gasteiger partial charge in [-0.15, -0.1) is 0 Å². The molecule has 0 radical (unpaired) electrons. The Morgan fingerprint density at radius 2 is 0.467 bits per heavy atom. The van der Waals surface area contributed by atoms with Crippen LogP contribution in [0.1, 0.15) is 34.6 Å². The first-order valence-corrected chi connectivity index (χ1v) is 4.55. The average molecular weight is 432 g/mol. The van der Waals surface area contributed by atoms with Crippen LogP contribution in [0.5, 0.6) is 0 Å². The molecule has 0 unspecified atom stereocenters. The fourth-order valence-electron chi connectivity index (χ4n) is 2.39. The van der Waals surface area contributed by atoms with Gasteiger partial charge in [-0.3, -0.25) is 0 Å². The van der Waals surface area contributed by atoms with Crippen LogP contribution in [0.3, 0.4) is 0 Å². The van der Waals surface area contributed by atoms with Crippen molar-refractivity contribution < 1.29 is 39.9 Å². The van der Waals surface area contributed by atoms with Crippen molar-refractivity contribution in [3.05, 3.63) is 29.7 Å². The number of rotatable bonds is 0. The van der Waals surface area contributed by atoms with Gasteiger partial charge in [-0.05, 0) is 29.6 Å². The molecule has 15 heavy (non-hydrogen) atoms. The summed E-state index contributed by atoms with van der Waals surface area (Å²) in [7, 11) is 0. The first-order chi connectivity index (χ1) is 4.55. The summed E-state index contributed by atoms with van der Waals surface area (Å²) < 4.78 is 0. The van der Waals surface area contributed by atoms with Gasteiger partial charge in [0.05, 0.1) is 0 Å². The Bertz CT molecular complexity index is 77.7. The van der Waals surface area contributed by atoms with Gasteiger partial charge in [-0.25, -0.2) is 0 Å². The SMILES string of the molecule is CC1C(C)C(C)C(C)C1C.[CH3-].[CH3-].[CH3-].[CH3-].[Th+4]. The molecule has 0 aliphatic heterocycles. The van der Waals surface area contributed by atoms with Crippen LogP contribution in [0.4, 0.5) is 0 Å². The minimum absolute atomic E-state index is 0. The average Bonchev–Trinajstić information content (AvgIpc) is 2.07. The van der Waals surface area contributed by atoms with Gasteiger partial charge < -0.3 is 29.7 Å². The van der Waals surface area contributed by atoms with Crippen LogP contribution in [0.2, 0.25) is 0 Å². The maximum Gasteiger partial charge on any atom is 4.00 e. The number of hydrogen-bond donors (Lipinski definition) is 0. The van der Waals surface area contributed by atoms with Crippen molar-refractivity contribution in [3.63, 3.8) is 0 Å². The van der Waals surface area contributed by atoms with Crippen molar-refractivity contribution >= 4 is 0 Å². The second kappa shape index (κ2) is 11.8. The minimum Gasteiger partial charge on any atom is -0.358 e. The van der Waals surface area contributed by atoms with E-state index in [-0.39, 0.29) is 69.6 Å². The standard InChI is InChI=1S/C10H20.4CH3.Th/c1-6-7(2)9(4)10(5)8(6)3;;;;;/h6-10H,1-5H3;4*1H3;/q;4*-1;+4. The van der Waals surface area contributed by atoms with Crippen LogP contribution in [0.25, 0.3) is 0 Å². The molecule has 1 aliphatic carbocycles. The molecule has 0 bridgehead atoms. The minimum atomic E-state index is 0. The van der Waals surface area contributed by atoms with E-state index >= 15 is 0 Å². The van der Waals surface area contributed by atoms with E-state index in [0.29, 0.717) is 0 Å². The molecule has 0 aromatic carbocycles. The van der Waals surface area contributed by atoms with Gasteiger partial charge >= 0.3 is 39.9 Å². The zero-order valence-corrected chi connectivity index (χ0v) is 16.5. The predicted molar refractivity (Wildman–Crippen MR) is 71.5 cm³/mol. The van der Waals surface area contributed by atoms with Gasteiger partial charge in [0.15, 0.2) is 0 Å². The fourth-order valence-corrected chi connectivity index (χ4v) is 2.39. The number of hydrogen-bond acceptors (Lipinski definition) is 0. The molecule has 1 aliphatic rings. The van der Waals surface area contributed by atoms with Crippen LogP contribution in [0.15, 0.2) is 0 Å². The zero-order valence-electron chi connectivity index (χ0n) is 12.4. The van der Waals surface area contributed by atoms with E-state index in [1.165, 1.54) is 0 Å².